The van der Waals surface area contributed by atoms with Crippen molar-refractivity contribution in [2.45, 2.75) is 51.0 Å². The summed E-state index contributed by atoms with van der Waals surface area (Å²) in [6, 6.07) is 0. The second kappa shape index (κ2) is 5.15. The molecule has 1 heterocycles. The largest absolute Gasteiger partial charge is 0.379 e. The van der Waals surface area contributed by atoms with Gasteiger partial charge in [0.15, 0.2) is 0 Å². The molecule has 1 aliphatic heterocycles. The van der Waals surface area contributed by atoms with Gasteiger partial charge in [-0.25, -0.2) is 0 Å². The molecule has 0 aromatic carbocycles. The maximum Gasteiger partial charge on any atom is 0.0547 e. The quantitative estimate of drug-likeness (QED) is 0.572. The fourth-order valence-corrected chi connectivity index (χ4v) is 0.739. The van der Waals surface area contributed by atoms with Gasteiger partial charge in [0.05, 0.1) is 6.10 Å². The van der Waals surface area contributed by atoms with Gasteiger partial charge in [-0.2, -0.15) is 0 Å². The zero-order valence-electron chi connectivity index (χ0n) is 7.98. The molecule has 1 rings (SSSR count). The van der Waals surface area contributed by atoms with Crippen molar-refractivity contribution < 1.29 is 4.74 Å². The van der Waals surface area contributed by atoms with Gasteiger partial charge in [0, 0.05) is 10.9 Å². The third-order valence-corrected chi connectivity index (χ3v) is 1.16. The van der Waals surface area contributed by atoms with E-state index in [4.69, 9.17) is 4.74 Å². The average molecular weight is 223 g/mol. The SMILES string of the molecule is CC(C)(C)Br.CC1CCCO1. The number of hydrogen-bond acceptors (Lipinski definition) is 1. The predicted molar refractivity (Wildman–Crippen MR) is 53.3 cm³/mol. The molecule has 0 aromatic heterocycles. The first-order valence-electron chi connectivity index (χ1n) is 4.20. The van der Waals surface area contributed by atoms with Gasteiger partial charge in [0.2, 0.25) is 0 Å². The Morgan fingerprint density at radius 3 is 1.91 bits per heavy atom. The topological polar surface area (TPSA) is 9.23 Å². The van der Waals surface area contributed by atoms with Crippen molar-refractivity contribution in [3.63, 3.8) is 0 Å². The Hall–Kier alpha value is 0.440. The molecule has 2 heteroatoms. The molecule has 0 amide bonds. The van der Waals surface area contributed by atoms with Crippen molar-refractivity contribution in [1.82, 2.24) is 0 Å². The molecule has 0 radical (unpaired) electrons. The Bertz CT molecular complexity index is 84.2. The minimum absolute atomic E-state index is 0.312. The fraction of sp³-hybridized carbons (Fsp3) is 1.00. The lowest BCUT2D eigenvalue weighted by Gasteiger charge is -2.02. The van der Waals surface area contributed by atoms with Gasteiger partial charge in [0.1, 0.15) is 0 Å². The lowest BCUT2D eigenvalue weighted by Crippen LogP contribution is -1.97. The Kier molecular flexibility index (Phi) is 5.36. The zero-order valence-corrected chi connectivity index (χ0v) is 9.57. The summed E-state index contributed by atoms with van der Waals surface area (Å²) in [5, 5.41) is 0. The fourth-order valence-electron chi connectivity index (χ4n) is 0.739. The van der Waals surface area contributed by atoms with Crippen LogP contribution in [0.2, 0.25) is 0 Å². The summed E-state index contributed by atoms with van der Waals surface area (Å²) in [6.07, 6.45) is 3.08. The maximum atomic E-state index is 5.15. The van der Waals surface area contributed by atoms with E-state index in [2.05, 4.69) is 43.6 Å². The number of alkyl halides is 1. The van der Waals surface area contributed by atoms with E-state index < -0.39 is 0 Å². The Morgan fingerprint density at radius 2 is 1.82 bits per heavy atom. The van der Waals surface area contributed by atoms with Crippen molar-refractivity contribution in [2.24, 2.45) is 0 Å². The molecular formula is C9H19BrO. The molecule has 1 nitrogen and oxygen atoms in total. The van der Waals surface area contributed by atoms with Crippen molar-refractivity contribution >= 4 is 15.9 Å². The van der Waals surface area contributed by atoms with E-state index >= 15 is 0 Å². The van der Waals surface area contributed by atoms with Gasteiger partial charge in [-0.15, -0.1) is 0 Å². The van der Waals surface area contributed by atoms with Gasteiger partial charge < -0.3 is 4.74 Å². The molecular weight excluding hydrogens is 204 g/mol. The van der Waals surface area contributed by atoms with Gasteiger partial charge in [-0.1, -0.05) is 36.7 Å². The number of rotatable bonds is 0. The molecule has 0 aromatic rings. The summed E-state index contributed by atoms with van der Waals surface area (Å²) in [6.45, 7) is 9.42. The van der Waals surface area contributed by atoms with Gasteiger partial charge in [-0.3, -0.25) is 0 Å². The summed E-state index contributed by atoms with van der Waals surface area (Å²) in [5.41, 5.74) is 0. The van der Waals surface area contributed by atoms with Gasteiger partial charge >= 0.3 is 0 Å². The first kappa shape index (κ1) is 11.4. The van der Waals surface area contributed by atoms with E-state index in [0.717, 1.165) is 6.61 Å². The van der Waals surface area contributed by atoms with Crippen LogP contribution in [0.3, 0.4) is 0 Å². The normalized spacial score (nSPS) is 24.3. The summed E-state index contributed by atoms with van der Waals surface area (Å²) in [5.74, 6) is 0. The van der Waals surface area contributed by atoms with Crippen LogP contribution in [-0.2, 0) is 4.74 Å². The van der Waals surface area contributed by atoms with E-state index in [1.807, 2.05) is 0 Å². The van der Waals surface area contributed by atoms with E-state index in [-0.39, 0.29) is 0 Å². The molecule has 0 N–H and O–H groups in total. The van der Waals surface area contributed by atoms with Gasteiger partial charge in [0.25, 0.3) is 0 Å². The molecule has 0 spiro atoms. The number of halogens is 1. The third-order valence-electron chi connectivity index (χ3n) is 1.16. The molecule has 0 bridgehead atoms. The highest BCUT2D eigenvalue weighted by Gasteiger charge is 2.07. The predicted octanol–water partition coefficient (Wildman–Crippen LogP) is 3.37. The molecule has 0 saturated carbocycles. The maximum absolute atomic E-state index is 5.15. The van der Waals surface area contributed by atoms with E-state index in [9.17, 15) is 0 Å². The highest BCUT2D eigenvalue weighted by molar-refractivity contribution is 9.10. The van der Waals surface area contributed by atoms with Crippen LogP contribution in [0.4, 0.5) is 0 Å². The van der Waals surface area contributed by atoms with Crippen LogP contribution in [-0.4, -0.2) is 17.0 Å². The van der Waals surface area contributed by atoms with E-state index in [1.54, 1.807) is 0 Å². The van der Waals surface area contributed by atoms with Crippen LogP contribution >= 0.6 is 15.9 Å². The minimum Gasteiger partial charge on any atom is -0.379 e. The van der Waals surface area contributed by atoms with Crippen LogP contribution in [0, 0.1) is 0 Å². The smallest absolute Gasteiger partial charge is 0.0547 e. The molecule has 1 unspecified atom stereocenters. The van der Waals surface area contributed by atoms with Crippen LogP contribution < -0.4 is 0 Å². The second-order valence-electron chi connectivity index (χ2n) is 3.89. The average Bonchev–Trinajstić information content (AvgIpc) is 2.12. The van der Waals surface area contributed by atoms with Crippen molar-refractivity contribution in [1.29, 1.82) is 0 Å². The highest BCUT2D eigenvalue weighted by Crippen LogP contribution is 2.11. The van der Waals surface area contributed by atoms with Gasteiger partial charge in [-0.05, 0) is 19.8 Å². The molecule has 1 aliphatic rings. The van der Waals surface area contributed by atoms with Crippen LogP contribution in [0.5, 0.6) is 0 Å². The van der Waals surface area contributed by atoms with E-state index in [0.29, 0.717) is 10.4 Å². The number of ether oxygens (including phenoxy) is 1. The molecule has 1 saturated heterocycles. The Balaban J connectivity index is 0.000000187. The molecule has 1 fully saturated rings. The molecule has 0 aliphatic carbocycles. The first-order chi connectivity index (χ1) is 4.89. The third kappa shape index (κ3) is 13.4. The summed E-state index contributed by atoms with van der Waals surface area (Å²) in [7, 11) is 0. The van der Waals surface area contributed by atoms with Crippen molar-refractivity contribution in [2.75, 3.05) is 6.61 Å². The summed E-state index contributed by atoms with van der Waals surface area (Å²) in [4.78, 5) is 0. The van der Waals surface area contributed by atoms with Crippen molar-refractivity contribution in [3.05, 3.63) is 0 Å². The van der Waals surface area contributed by atoms with Crippen LogP contribution in [0.25, 0.3) is 0 Å². The van der Waals surface area contributed by atoms with Crippen LogP contribution in [0.1, 0.15) is 40.5 Å². The Labute approximate surface area is 78.6 Å². The standard InChI is InChI=1S/C5H10O.C4H9Br/c1-5-3-2-4-6-5;1-4(2,3)5/h5H,2-4H2,1H3;1-3H3. The molecule has 1 atom stereocenters. The lowest BCUT2D eigenvalue weighted by molar-refractivity contribution is 0.125. The molecule has 11 heavy (non-hydrogen) atoms. The second-order valence-corrected chi connectivity index (χ2v) is 6.27. The van der Waals surface area contributed by atoms with Crippen LogP contribution in [0.15, 0.2) is 0 Å². The molecule has 68 valence electrons. The minimum atomic E-state index is 0.312. The zero-order chi connectivity index (χ0) is 8.91. The number of hydrogen-bond donors (Lipinski definition) is 0. The summed E-state index contributed by atoms with van der Waals surface area (Å²) < 4.78 is 5.47. The first-order valence-corrected chi connectivity index (χ1v) is 4.99. The lowest BCUT2D eigenvalue weighted by atomic mass is 10.3. The Morgan fingerprint density at radius 1 is 1.36 bits per heavy atom. The highest BCUT2D eigenvalue weighted by atomic mass is 79.9. The summed E-state index contributed by atoms with van der Waals surface area (Å²) >= 11 is 3.38. The van der Waals surface area contributed by atoms with Crippen molar-refractivity contribution in [3.8, 4) is 0 Å². The monoisotopic (exact) mass is 222 g/mol. The van der Waals surface area contributed by atoms with E-state index in [1.165, 1.54) is 12.8 Å².